The topological polar surface area (TPSA) is 26.0 Å². The van der Waals surface area contributed by atoms with Gasteiger partial charge < -0.3 is 4.42 Å². The van der Waals surface area contributed by atoms with Gasteiger partial charge in [-0.25, -0.2) is 4.98 Å². The van der Waals surface area contributed by atoms with Crippen LogP contribution in [0.2, 0.25) is 5.02 Å². The van der Waals surface area contributed by atoms with E-state index in [4.69, 9.17) is 16.0 Å². The highest BCUT2D eigenvalue weighted by Gasteiger charge is 2.10. The van der Waals surface area contributed by atoms with Crippen LogP contribution in [-0.2, 0) is 6.42 Å². The van der Waals surface area contributed by atoms with Crippen LogP contribution in [0.4, 0.5) is 0 Å². The molecule has 0 aliphatic rings. The van der Waals surface area contributed by atoms with Crippen molar-refractivity contribution in [1.29, 1.82) is 0 Å². The van der Waals surface area contributed by atoms with Crippen molar-refractivity contribution in [2.24, 2.45) is 0 Å². The Morgan fingerprint density at radius 1 is 1.22 bits per heavy atom. The molecule has 1 radical (unpaired) electrons. The van der Waals surface area contributed by atoms with Crippen molar-refractivity contribution < 1.29 is 4.42 Å². The van der Waals surface area contributed by atoms with Gasteiger partial charge in [0.1, 0.15) is 5.76 Å². The fraction of sp³-hybridized carbons (Fsp3) is 0.333. The summed E-state index contributed by atoms with van der Waals surface area (Å²) in [5, 5.41) is 0.720. The number of unbranched alkanes of at least 4 members (excludes halogenated alkanes) is 2. The first-order valence-corrected chi connectivity index (χ1v) is 6.60. The van der Waals surface area contributed by atoms with Crippen LogP contribution >= 0.6 is 11.6 Å². The lowest BCUT2D eigenvalue weighted by Gasteiger charge is -1.95. The van der Waals surface area contributed by atoms with Crippen LogP contribution in [0.3, 0.4) is 0 Å². The minimum Gasteiger partial charge on any atom is -0.441 e. The summed E-state index contributed by atoms with van der Waals surface area (Å²) in [7, 11) is 0. The highest BCUT2D eigenvalue weighted by atomic mass is 35.5. The van der Waals surface area contributed by atoms with E-state index < -0.39 is 0 Å². The van der Waals surface area contributed by atoms with Crippen molar-refractivity contribution >= 4 is 11.6 Å². The monoisotopic (exact) mass is 262 g/mol. The summed E-state index contributed by atoms with van der Waals surface area (Å²) in [6.07, 6.45) is 4.17. The van der Waals surface area contributed by atoms with Gasteiger partial charge in [-0.05, 0) is 44.0 Å². The minimum atomic E-state index is 0.675. The number of nitrogens with zero attached hydrogens (tertiary/aromatic N) is 1. The molecule has 2 rings (SSSR count). The molecule has 0 saturated heterocycles. The van der Waals surface area contributed by atoms with Gasteiger partial charge in [-0.2, -0.15) is 0 Å². The summed E-state index contributed by atoms with van der Waals surface area (Å²) in [5.74, 6) is 1.58. The van der Waals surface area contributed by atoms with E-state index in [0.717, 1.165) is 47.7 Å². The first kappa shape index (κ1) is 13.2. The van der Waals surface area contributed by atoms with Crippen molar-refractivity contribution in [3.8, 4) is 11.5 Å². The van der Waals surface area contributed by atoms with Crippen LogP contribution in [0.1, 0.15) is 30.7 Å². The third kappa shape index (κ3) is 3.14. The van der Waals surface area contributed by atoms with Gasteiger partial charge in [-0.15, -0.1) is 0 Å². The van der Waals surface area contributed by atoms with Crippen LogP contribution in [0, 0.1) is 13.8 Å². The van der Waals surface area contributed by atoms with Crippen LogP contribution in [-0.4, -0.2) is 4.98 Å². The number of benzene rings is 1. The second-order valence-corrected chi connectivity index (χ2v) is 4.78. The predicted molar refractivity (Wildman–Crippen MR) is 74.6 cm³/mol. The van der Waals surface area contributed by atoms with E-state index >= 15 is 0 Å². The summed E-state index contributed by atoms with van der Waals surface area (Å²) in [6.45, 7) is 5.81. The Hall–Kier alpha value is -1.28. The molecule has 1 aromatic carbocycles. The van der Waals surface area contributed by atoms with Crippen LogP contribution in [0.25, 0.3) is 11.5 Å². The van der Waals surface area contributed by atoms with E-state index in [0.29, 0.717) is 5.89 Å². The minimum absolute atomic E-state index is 0.675. The van der Waals surface area contributed by atoms with E-state index in [1.165, 1.54) is 0 Å². The number of rotatable bonds is 5. The summed E-state index contributed by atoms with van der Waals surface area (Å²) < 4.78 is 5.70. The molecule has 1 aromatic heterocycles. The third-order valence-corrected chi connectivity index (χ3v) is 3.15. The number of oxazole rings is 1. The van der Waals surface area contributed by atoms with E-state index in [2.05, 4.69) is 11.9 Å². The second-order valence-electron chi connectivity index (χ2n) is 4.34. The number of hydrogen-bond acceptors (Lipinski definition) is 2. The number of hydrogen-bond donors (Lipinski definition) is 0. The average Bonchev–Trinajstić information content (AvgIpc) is 2.72. The molecule has 0 amide bonds. The summed E-state index contributed by atoms with van der Waals surface area (Å²) in [5.41, 5.74) is 2.01. The molecular weight excluding hydrogens is 246 g/mol. The Bertz CT molecular complexity index is 502. The van der Waals surface area contributed by atoms with Crippen LogP contribution in [0.5, 0.6) is 0 Å². The molecule has 0 aliphatic carbocycles. The lowest BCUT2D eigenvalue weighted by atomic mass is 10.1. The molecule has 0 spiro atoms. The Labute approximate surface area is 113 Å². The van der Waals surface area contributed by atoms with Crippen molar-refractivity contribution in [1.82, 2.24) is 4.98 Å². The molecule has 1 heterocycles. The van der Waals surface area contributed by atoms with Crippen LogP contribution < -0.4 is 0 Å². The van der Waals surface area contributed by atoms with E-state index in [9.17, 15) is 0 Å². The van der Waals surface area contributed by atoms with Gasteiger partial charge >= 0.3 is 0 Å². The highest BCUT2D eigenvalue weighted by molar-refractivity contribution is 6.30. The molecule has 2 nitrogen and oxygen atoms in total. The summed E-state index contributed by atoms with van der Waals surface area (Å²) in [6, 6.07) is 7.54. The first-order valence-electron chi connectivity index (χ1n) is 6.22. The quantitative estimate of drug-likeness (QED) is 0.720. The van der Waals surface area contributed by atoms with Gasteiger partial charge in [-0.3, -0.25) is 0 Å². The molecule has 18 heavy (non-hydrogen) atoms. The fourth-order valence-corrected chi connectivity index (χ4v) is 1.97. The Morgan fingerprint density at radius 2 is 1.94 bits per heavy atom. The third-order valence-electron chi connectivity index (χ3n) is 2.90. The van der Waals surface area contributed by atoms with Crippen molar-refractivity contribution in [2.45, 2.75) is 32.6 Å². The molecule has 3 heteroatoms. The predicted octanol–water partition coefficient (Wildman–Crippen LogP) is 4.85. The van der Waals surface area contributed by atoms with Gasteiger partial charge in [0.25, 0.3) is 0 Å². The van der Waals surface area contributed by atoms with E-state index in [1.54, 1.807) is 0 Å². The molecule has 0 fully saturated rings. The molecule has 0 atom stereocenters. The fourth-order valence-electron chi connectivity index (χ4n) is 1.85. The molecule has 0 aliphatic heterocycles. The molecule has 2 aromatic rings. The highest BCUT2D eigenvalue weighted by Crippen LogP contribution is 2.24. The Kier molecular flexibility index (Phi) is 4.43. The molecule has 0 bridgehead atoms. The molecular formula is C15H17ClNO. The summed E-state index contributed by atoms with van der Waals surface area (Å²) >= 11 is 5.86. The van der Waals surface area contributed by atoms with Crippen molar-refractivity contribution in [3.05, 3.63) is 47.7 Å². The number of aryl methyl sites for hydroxylation is 2. The second kappa shape index (κ2) is 6.05. The standard InChI is InChI=1S/C15H17ClNO/c1-3-4-5-6-14-11(2)18-15(17-14)12-7-9-13(16)10-8-12/h7-10H,1,3-6H2,2H3. The molecule has 0 saturated carbocycles. The largest absolute Gasteiger partial charge is 0.441 e. The normalized spacial score (nSPS) is 10.8. The first-order chi connectivity index (χ1) is 8.70. The van der Waals surface area contributed by atoms with Crippen molar-refractivity contribution in [3.63, 3.8) is 0 Å². The lowest BCUT2D eigenvalue weighted by molar-refractivity contribution is 0.538. The molecule has 95 valence electrons. The maximum Gasteiger partial charge on any atom is 0.226 e. The van der Waals surface area contributed by atoms with Crippen LogP contribution in [0.15, 0.2) is 28.7 Å². The number of halogens is 1. The zero-order valence-corrected chi connectivity index (χ0v) is 11.3. The Morgan fingerprint density at radius 3 is 2.61 bits per heavy atom. The smallest absolute Gasteiger partial charge is 0.226 e. The van der Waals surface area contributed by atoms with Gasteiger partial charge in [-0.1, -0.05) is 31.4 Å². The zero-order valence-electron chi connectivity index (χ0n) is 10.6. The van der Waals surface area contributed by atoms with Gasteiger partial charge in [0.2, 0.25) is 5.89 Å². The Balaban J connectivity index is 2.15. The van der Waals surface area contributed by atoms with E-state index in [1.807, 2.05) is 31.2 Å². The van der Waals surface area contributed by atoms with E-state index in [-0.39, 0.29) is 0 Å². The molecule has 0 unspecified atom stereocenters. The molecule has 0 N–H and O–H groups in total. The average molecular weight is 263 g/mol. The summed E-state index contributed by atoms with van der Waals surface area (Å²) in [4.78, 5) is 4.55. The maximum absolute atomic E-state index is 5.86. The van der Waals surface area contributed by atoms with Gasteiger partial charge in [0, 0.05) is 10.6 Å². The van der Waals surface area contributed by atoms with Gasteiger partial charge in [0.15, 0.2) is 0 Å². The zero-order chi connectivity index (χ0) is 13.0. The maximum atomic E-state index is 5.86. The number of aromatic nitrogens is 1. The van der Waals surface area contributed by atoms with Crippen molar-refractivity contribution in [2.75, 3.05) is 0 Å². The van der Waals surface area contributed by atoms with Gasteiger partial charge in [0.05, 0.1) is 5.69 Å². The SMILES string of the molecule is [CH2]CCCCc1nc(-c2ccc(Cl)cc2)oc1C. The lowest BCUT2D eigenvalue weighted by Crippen LogP contribution is -1.88.